The van der Waals surface area contributed by atoms with Crippen molar-refractivity contribution in [2.45, 2.75) is 19.1 Å². The second-order valence-corrected chi connectivity index (χ2v) is 5.81. The highest BCUT2D eigenvalue weighted by molar-refractivity contribution is 5.95. The molecule has 2 fully saturated rings. The number of benzene rings is 1. The van der Waals surface area contributed by atoms with Crippen molar-refractivity contribution in [1.29, 1.82) is 0 Å². The van der Waals surface area contributed by atoms with Gasteiger partial charge < -0.3 is 14.7 Å². The minimum atomic E-state index is -0.476. The maximum Gasteiger partial charge on any atom is 0.254 e. The lowest BCUT2D eigenvalue weighted by molar-refractivity contribution is -0.00611. The number of rotatable bonds is 2. The first-order valence-electron chi connectivity index (χ1n) is 7.51. The molecule has 2 atom stereocenters. The Balaban J connectivity index is 1.70. The van der Waals surface area contributed by atoms with Gasteiger partial charge in [0.2, 0.25) is 0 Å². The first-order chi connectivity index (χ1) is 10.2. The molecule has 5 heteroatoms. The van der Waals surface area contributed by atoms with Crippen LogP contribution in [0.4, 0.5) is 0 Å². The van der Waals surface area contributed by atoms with Gasteiger partial charge in [-0.2, -0.15) is 0 Å². The molecular formula is C16H22N2O3. The Labute approximate surface area is 125 Å². The van der Waals surface area contributed by atoms with Crippen LogP contribution < -0.4 is 0 Å². The van der Waals surface area contributed by atoms with Crippen LogP contribution in [-0.2, 0) is 4.74 Å². The second kappa shape index (κ2) is 6.13. The Morgan fingerprint density at radius 3 is 2.67 bits per heavy atom. The molecule has 2 heterocycles. The summed E-state index contributed by atoms with van der Waals surface area (Å²) in [5, 5.41) is 10.3. The molecule has 1 N–H and O–H groups in total. The predicted molar refractivity (Wildman–Crippen MR) is 79.3 cm³/mol. The molecule has 1 aromatic carbocycles. The van der Waals surface area contributed by atoms with Crippen LogP contribution >= 0.6 is 0 Å². The molecule has 1 amide bonds. The summed E-state index contributed by atoms with van der Waals surface area (Å²) in [5.41, 5.74) is 1.71. The Morgan fingerprint density at radius 2 is 1.95 bits per heavy atom. The summed E-state index contributed by atoms with van der Waals surface area (Å²) < 4.78 is 5.35. The van der Waals surface area contributed by atoms with E-state index in [0.717, 1.165) is 24.2 Å². The largest absolute Gasteiger partial charge is 0.390 e. The number of aryl methyl sites for hydroxylation is 1. The van der Waals surface area contributed by atoms with Gasteiger partial charge in [0.05, 0.1) is 25.4 Å². The molecule has 0 saturated carbocycles. The van der Waals surface area contributed by atoms with Gasteiger partial charge in [-0.15, -0.1) is 0 Å². The summed E-state index contributed by atoms with van der Waals surface area (Å²) in [6.07, 6.45) is -0.476. The number of nitrogens with zero attached hydrogens (tertiary/aromatic N) is 2. The lowest BCUT2D eigenvalue weighted by Crippen LogP contribution is -2.49. The van der Waals surface area contributed by atoms with Crippen molar-refractivity contribution in [3.05, 3.63) is 35.4 Å². The molecule has 2 aliphatic heterocycles. The average Bonchev–Trinajstić information content (AvgIpc) is 2.90. The van der Waals surface area contributed by atoms with E-state index in [2.05, 4.69) is 4.90 Å². The van der Waals surface area contributed by atoms with E-state index in [4.69, 9.17) is 4.74 Å². The van der Waals surface area contributed by atoms with Gasteiger partial charge in [-0.05, 0) is 18.6 Å². The number of amides is 1. The first kappa shape index (κ1) is 14.5. The van der Waals surface area contributed by atoms with Crippen LogP contribution in [-0.4, -0.2) is 72.4 Å². The van der Waals surface area contributed by atoms with Crippen molar-refractivity contribution in [1.82, 2.24) is 9.80 Å². The molecule has 2 aliphatic rings. The molecule has 0 aromatic heterocycles. The summed E-state index contributed by atoms with van der Waals surface area (Å²) in [6, 6.07) is 7.64. The normalized spacial score (nSPS) is 27.0. The third-order valence-corrected chi connectivity index (χ3v) is 4.44. The molecule has 0 bridgehead atoms. The molecule has 0 spiro atoms. The van der Waals surface area contributed by atoms with Crippen LogP contribution in [0.2, 0.25) is 0 Å². The minimum Gasteiger partial charge on any atom is -0.390 e. The summed E-state index contributed by atoms with van der Waals surface area (Å²) in [4.78, 5) is 16.6. The lowest BCUT2D eigenvalue weighted by atomic mass is 10.1. The highest BCUT2D eigenvalue weighted by atomic mass is 16.5. The fraction of sp³-hybridized carbons (Fsp3) is 0.562. The maximum atomic E-state index is 12.6. The van der Waals surface area contributed by atoms with Crippen LogP contribution in [0.5, 0.6) is 0 Å². The first-order valence-corrected chi connectivity index (χ1v) is 7.51. The van der Waals surface area contributed by atoms with Gasteiger partial charge in [-0.3, -0.25) is 9.69 Å². The molecule has 0 aliphatic carbocycles. The van der Waals surface area contributed by atoms with E-state index in [1.54, 1.807) is 4.90 Å². The number of carbonyl (C=O) groups excluding carboxylic acids is 1. The van der Waals surface area contributed by atoms with Crippen molar-refractivity contribution in [2.75, 3.05) is 39.4 Å². The fourth-order valence-corrected chi connectivity index (χ4v) is 3.19. The standard InChI is InChI=1S/C16H22N2O3/c1-12-4-2-3-5-13(12)16(20)18-10-14(15(19)11-18)17-6-8-21-9-7-17/h2-5,14-15,19H,6-11H2,1H3/t14-,15-/m1/s1. The van der Waals surface area contributed by atoms with Crippen LogP contribution in [0.3, 0.4) is 0 Å². The number of likely N-dealkylation sites (tertiary alicyclic amines) is 1. The molecule has 0 unspecified atom stereocenters. The second-order valence-electron chi connectivity index (χ2n) is 5.81. The van der Waals surface area contributed by atoms with E-state index >= 15 is 0 Å². The Bertz CT molecular complexity index is 514. The van der Waals surface area contributed by atoms with Gasteiger partial charge in [0.25, 0.3) is 5.91 Å². The zero-order chi connectivity index (χ0) is 14.8. The molecule has 3 rings (SSSR count). The zero-order valence-electron chi connectivity index (χ0n) is 12.4. The fourth-order valence-electron chi connectivity index (χ4n) is 3.19. The number of aliphatic hydroxyl groups excluding tert-OH is 1. The zero-order valence-corrected chi connectivity index (χ0v) is 12.4. The number of hydrogen-bond acceptors (Lipinski definition) is 4. The minimum absolute atomic E-state index is 0.0166. The third kappa shape index (κ3) is 2.95. The summed E-state index contributed by atoms with van der Waals surface area (Å²) in [5.74, 6) is 0.0166. The number of carbonyl (C=O) groups is 1. The van der Waals surface area contributed by atoms with Gasteiger partial charge >= 0.3 is 0 Å². The Hall–Kier alpha value is -1.43. The van der Waals surface area contributed by atoms with E-state index in [9.17, 15) is 9.90 Å². The number of ether oxygens (including phenoxy) is 1. The Kier molecular flexibility index (Phi) is 4.24. The van der Waals surface area contributed by atoms with Gasteiger partial charge in [-0.1, -0.05) is 18.2 Å². The molecule has 2 saturated heterocycles. The summed E-state index contributed by atoms with van der Waals surface area (Å²) in [6.45, 7) is 6.01. The monoisotopic (exact) mass is 290 g/mol. The van der Waals surface area contributed by atoms with Gasteiger partial charge in [0.1, 0.15) is 0 Å². The van der Waals surface area contributed by atoms with Crippen LogP contribution in [0.15, 0.2) is 24.3 Å². The van der Waals surface area contributed by atoms with E-state index in [1.807, 2.05) is 31.2 Å². The van der Waals surface area contributed by atoms with Crippen LogP contribution in [0.1, 0.15) is 15.9 Å². The van der Waals surface area contributed by atoms with Gasteiger partial charge in [0.15, 0.2) is 0 Å². The number of morpholine rings is 1. The molecule has 21 heavy (non-hydrogen) atoms. The highest BCUT2D eigenvalue weighted by Crippen LogP contribution is 2.21. The molecule has 0 radical (unpaired) electrons. The maximum absolute atomic E-state index is 12.6. The third-order valence-electron chi connectivity index (χ3n) is 4.44. The number of β-amino-alcohol motifs (C(OH)–C–C–N with tert-alkyl or cyclic N) is 1. The number of hydrogen-bond donors (Lipinski definition) is 1. The van der Waals surface area contributed by atoms with Crippen LogP contribution in [0, 0.1) is 6.92 Å². The van der Waals surface area contributed by atoms with E-state index in [1.165, 1.54) is 0 Å². The number of aliphatic hydroxyl groups is 1. The van der Waals surface area contributed by atoms with Crippen molar-refractivity contribution < 1.29 is 14.6 Å². The predicted octanol–water partition coefficient (Wildman–Crippen LogP) is 0.513. The lowest BCUT2D eigenvalue weighted by Gasteiger charge is -2.33. The van der Waals surface area contributed by atoms with E-state index in [-0.39, 0.29) is 11.9 Å². The van der Waals surface area contributed by atoms with Gasteiger partial charge in [-0.25, -0.2) is 0 Å². The molecule has 5 nitrogen and oxygen atoms in total. The Morgan fingerprint density at radius 1 is 1.24 bits per heavy atom. The molecule has 1 aromatic rings. The summed E-state index contributed by atoms with van der Waals surface area (Å²) >= 11 is 0. The van der Waals surface area contributed by atoms with Crippen molar-refractivity contribution in [3.63, 3.8) is 0 Å². The SMILES string of the molecule is Cc1ccccc1C(=O)N1C[C@@H](O)[C@H](N2CCOCC2)C1. The molecule has 114 valence electrons. The van der Waals surface area contributed by atoms with Crippen molar-refractivity contribution in [3.8, 4) is 0 Å². The van der Waals surface area contributed by atoms with Crippen molar-refractivity contribution >= 4 is 5.91 Å². The highest BCUT2D eigenvalue weighted by Gasteiger charge is 2.38. The van der Waals surface area contributed by atoms with Crippen molar-refractivity contribution in [2.24, 2.45) is 0 Å². The molecular weight excluding hydrogens is 268 g/mol. The smallest absolute Gasteiger partial charge is 0.254 e. The quantitative estimate of drug-likeness (QED) is 0.862. The van der Waals surface area contributed by atoms with E-state index in [0.29, 0.717) is 26.3 Å². The summed E-state index contributed by atoms with van der Waals surface area (Å²) in [7, 11) is 0. The topological polar surface area (TPSA) is 53.0 Å². The average molecular weight is 290 g/mol. The van der Waals surface area contributed by atoms with Crippen LogP contribution in [0.25, 0.3) is 0 Å². The van der Waals surface area contributed by atoms with Gasteiger partial charge in [0, 0.05) is 31.7 Å². The van der Waals surface area contributed by atoms with E-state index < -0.39 is 6.10 Å².